The van der Waals surface area contributed by atoms with Gasteiger partial charge in [0.1, 0.15) is 10.7 Å². The van der Waals surface area contributed by atoms with Crippen molar-refractivity contribution >= 4 is 27.5 Å². The third kappa shape index (κ3) is 5.63. The van der Waals surface area contributed by atoms with Crippen LogP contribution in [0.15, 0.2) is 41.6 Å². The number of rotatable bonds is 6. The first-order valence-corrected chi connectivity index (χ1v) is 16.0. The van der Waals surface area contributed by atoms with Crippen molar-refractivity contribution in [3.63, 3.8) is 0 Å². The molecule has 1 fully saturated rings. The highest BCUT2D eigenvalue weighted by Gasteiger charge is 2.40. The zero-order valence-electron chi connectivity index (χ0n) is 24.9. The molecule has 0 bridgehead atoms. The molecular formula is C30H32F3N7O4S. The summed E-state index contributed by atoms with van der Waals surface area (Å²) in [5.41, 5.74) is 2.98. The van der Waals surface area contributed by atoms with Crippen LogP contribution in [-0.2, 0) is 27.5 Å². The van der Waals surface area contributed by atoms with E-state index in [-0.39, 0.29) is 29.7 Å². The van der Waals surface area contributed by atoms with E-state index in [1.165, 1.54) is 16.6 Å². The average Bonchev–Trinajstić information content (AvgIpc) is 3.40. The summed E-state index contributed by atoms with van der Waals surface area (Å²) in [6.07, 6.45) is 0.461. The molecule has 2 atom stereocenters. The Hall–Kier alpha value is -4.11. The van der Waals surface area contributed by atoms with Gasteiger partial charge < -0.3 is 10.0 Å². The number of halogens is 3. The monoisotopic (exact) mass is 643 g/mol. The first-order valence-electron chi connectivity index (χ1n) is 14.6. The molecule has 6 rings (SSSR count). The molecule has 6 heterocycles. The Kier molecular flexibility index (Phi) is 7.80. The lowest BCUT2D eigenvalue weighted by atomic mass is 9.89. The molecule has 0 amide bonds. The number of anilines is 1. The summed E-state index contributed by atoms with van der Waals surface area (Å²) in [5, 5.41) is 16.9. The zero-order valence-corrected chi connectivity index (χ0v) is 25.7. The van der Waals surface area contributed by atoms with Crippen molar-refractivity contribution in [2.75, 3.05) is 18.0 Å². The molecule has 0 aliphatic carbocycles. The Labute approximate surface area is 257 Å². The van der Waals surface area contributed by atoms with E-state index in [1.807, 2.05) is 6.92 Å². The summed E-state index contributed by atoms with van der Waals surface area (Å²) < 4.78 is 70.9. The van der Waals surface area contributed by atoms with E-state index < -0.39 is 40.3 Å². The fourth-order valence-electron chi connectivity index (χ4n) is 6.36. The van der Waals surface area contributed by atoms with E-state index in [4.69, 9.17) is 4.98 Å². The fourth-order valence-corrected chi connectivity index (χ4v) is 8.03. The van der Waals surface area contributed by atoms with Crippen LogP contribution in [0.3, 0.4) is 0 Å². The van der Waals surface area contributed by atoms with E-state index in [9.17, 15) is 31.5 Å². The van der Waals surface area contributed by atoms with Gasteiger partial charge in [0.05, 0.1) is 18.7 Å². The normalized spacial score (nSPS) is 19.2. The molecule has 0 saturated carbocycles. The number of hydrogen-bond acceptors (Lipinski definition) is 8. The van der Waals surface area contributed by atoms with Crippen LogP contribution in [0, 0.1) is 20.8 Å². The molecule has 0 unspecified atom stereocenters. The summed E-state index contributed by atoms with van der Waals surface area (Å²) >= 11 is 0. The van der Waals surface area contributed by atoms with Gasteiger partial charge in [-0.3, -0.25) is 14.2 Å². The minimum Gasteiger partial charge on any atom is -0.481 e. The van der Waals surface area contributed by atoms with Crippen LogP contribution in [0.1, 0.15) is 71.1 Å². The molecule has 1 N–H and O–H groups in total. The van der Waals surface area contributed by atoms with Crippen LogP contribution >= 0.6 is 0 Å². The smallest absolute Gasteiger partial charge is 0.452 e. The van der Waals surface area contributed by atoms with Crippen LogP contribution in [0.2, 0.25) is 0 Å². The molecule has 1 saturated heterocycles. The Balaban J connectivity index is 1.41. The molecule has 0 aromatic carbocycles. The van der Waals surface area contributed by atoms with Gasteiger partial charge in [-0.05, 0) is 80.5 Å². The third-order valence-electron chi connectivity index (χ3n) is 8.68. The van der Waals surface area contributed by atoms with Crippen LogP contribution in [-0.4, -0.2) is 67.5 Å². The minimum atomic E-state index is -4.72. The highest BCUT2D eigenvalue weighted by atomic mass is 32.2. The third-order valence-corrected chi connectivity index (χ3v) is 10.5. The van der Waals surface area contributed by atoms with Crippen molar-refractivity contribution in [2.24, 2.45) is 0 Å². The van der Waals surface area contributed by atoms with Crippen molar-refractivity contribution < 1.29 is 31.5 Å². The van der Waals surface area contributed by atoms with Gasteiger partial charge in [-0.1, -0.05) is 6.07 Å². The molecule has 45 heavy (non-hydrogen) atoms. The van der Waals surface area contributed by atoms with E-state index >= 15 is 0 Å². The van der Waals surface area contributed by atoms with Gasteiger partial charge in [0.25, 0.3) is 0 Å². The molecule has 15 heteroatoms. The summed E-state index contributed by atoms with van der Waals surface area (Å²) in [6, 6.07) is 6.44. The lowest BCUT2D eigenvalue weighted by molar-refractivity contribution is -0.145. The van der Waals surface area contributed by atoms with Gasteiger partial charge in [0.2, 0.25) is 15.8 Å². The van der Waals surface area contributed by atoms with Crippen molar-refractivity contribution in [2.45, 2.75) is 76.0 Å². The summed E-state index contributed by atoms with van der Waals surface area (Å²) in [4.78, 5) is 23.6. The van der Waals surface area contributed by atoms with Gasteiger partial charge in [0.15, 0.2) is 5.65 Å². The van der Waals surface area contributed by atoms with Crippen molar-refractivity contribution in [1.29, 1.82) is 0 Å². The number of carboxylic acids is 1. The quantitative estimate of drug-likeness (QED) is 0.319. The lowest BCUT2D eigenvalue weighted by Gasteiger charge is -2.36. The van der Waals surface area contributed by atoms with Crippen molar-refractivity contribution in [1.82, 2.24) is 28.9 Å². The second kappa shape index (κ2) is 11.4. The number of sulfonamides is 1. The maximum Gasteiger partial charge on any atom is 0.452 e. The number of carbonyl (C=O) groups is 1. The number of fused-ring (bicyclic) bond motifs is 4. The van der Waals surface area contributed by atoms with E-state index in [0.717, 1.165) is 34.8 Å². The summed E-state index contributed by atoms with van der Waals surface area (Å²) in [5.74, 6) is -2.70. The fraction of sp³-hybridized carbons (Fsp3) is 0.433. The molecule has 0 spiro atoms. The van der Waals surface area contributed by atoms with Gasteiger partial charge in [-0.2, -0.15) is 17.5 Å². The van der Waals surface area contributed by atoms with E-state index in [0.29, 0.717) is 34.9 Å². The van der Waals surface area contributed by atoms with Gasteiger partial charge in [0, 0.05) is 43.1 Å². The number of alkyl halides is 3. The van der Waals surface area contributed by atoms with Crippen LogP contribution in [0.25, 0.3) is 5.65 Å². The predicted octanol–water partition coefficient (Wildman–Crippen LogP) is 4.63. The zero-order chi connectivity index (χ0) is 32.3. The predicted molar refractivity (Wildman–Crippen MR) is 157 cm³/mol. The maximum absolute atomic E-state index is 14.1. The average molecular weight is 644 g/mol. The number of piperidine rings is 1. The SMILES string of the molecule is Cc1cnc2c(c1)S(=O)(=O)N(Cc1nc([C@H](CC(=O)O)c3ccn4c(C(F)(F)F)nnc4c3C)ccc1C)C[C@@H]1CCCCN21. The van der Waals surface area contributed by atoms with Gasteiger partial charge >= 0.3 is 12.1 Å². The number of carboxylic acid groups (broad SMARTS) is 1. The number of nitrogens with zero attached hydrogens (tertiary/aromatic N) is 7. The Morgan fingerprint density at radius 3 is 2.64 bits per heavy atom. The van der Waals surface area contributed by atoms with Crippen LogP contribution in [0.4, 0.5) is 19.0 Å². The second-order valence-electron chi connectivity index (χ2n) is 11.7. The van der Waals surface area contributed by atoms with Crippen molar-refractivity contribution in [3.8, 4) is 0 Å². The van der Waals surface area contributed by atoms with Crippen LogP contribution < -0.4 is 4.90 Å². The number of aryl methyl sites for hydroxylation is 3. The lowest BCUT2D eigenvalue weighted by Crippen LogP contribution is -2.45. The van der Waals surface area contributed by atoms with Gasteiger partial charge in [-0.25, -0.2) is 13.4 Å². The molecule has 11 nitrogen and oxygen atoms in total. The van der Waals surface area contributed by atoms with E-state index in [2.05, 4.69) is 20.1 Å². The Morgan fingerprint density at radius 1 is 1.13 bits per heavy atom. The standard InChI is InChI=1S/C30H32F3N7O4S/c1-17-12-25-28(34-14-17)39-10-5-4-6-20(39)15-38(45(25,43)44)16-24-18(2)7-8-23(35-24)22(13-26(41)42)21-9-11-40-27(19(21)3)36-37-29(40)30(31,32)33/h7-9,11-12,14,20,22H,4-6,10,13,15-16H2,1-3H3,(H,41,42)/t20-,22+/m0/s1. The number of aromatic nitrogens is 5. The Morgan fingerprint density at radius 2 is 1.91 bits per heavy atom. The number of aliphatic carboxylic acids is 1. The first-order chi connectivity index (χ1) is 21.3. The summed E-state index contributed by atoms with van der Waals surface area (Å²) in [6.45, 7) is 6.08. The minimum absolute atomic E-state index is 0.0437. The molecule has 0 radical (unpaired) electrons. The molecule has 4 aromatic heterocycles. The van der Waals surface area contributed by atoms with Crippen LogP contribution in [0.5, 0.6) is 0 Å². The largest absolute Gasteiger partial charge is 0.481 e. The highest BCUT2D eigenvalue weighted by Crippen LogP contribution is 2.37. The summed E-state index contributed by atoms with van der Waals surface area (Å²) in [7, 11) is -3.97. The topological polar surface area (TPSA) is 134 Å². The maximum atomic E-state index is 14.1. The number of hydrogen-bond donors (Lipinski definition) is 1. The second-order valence-corrected chi connectivity index (χ2v) is 13.6. The molecule has 2 aliphatic rings. The first kappa shape index (κ1) is 30.9. The molecular weight excluding hydrogens is 611 g/mol. The molecule has 2 aliphatic heterocycles. The molecule has 4 aromatic rings. The highest BCUT2D eigenvalue weighted by molar-refractivity contribution is 7.89. The van der Waals surface area contributed by atoms with Crippen molar-refractivity contribution in [3.05, 3.63) is 76.1 Å². The van der Waals surface area contributed by atoms with E-state index in [1.54, 1.807) is 38.2 Å². The molecule has 238 valence electrons. The van der Waals surface area contributed by atoms with Gasteiger partial charge in [-0.15, -0.1) is 10.2 Å². The Bertz CT molecular complexity index is 1910. The number of pyridine rings is 3.